The van der Waals surface area contributed by atoms with E-state index in [0.29, 0.717) is 5.69 Å². The molecule has 0 aliphatic rings. The third kappa shape index (κ3) is 4.18. The lowest BCUT2D eigenvalue weighted by atomic mass is 10.1. The zero-order valence-electron chi connectivity index (χ0n) is 9.80. The molecule has 5 nitrogen and oxygen atoms in total. The fourth-order valence-corrected chi connectivity index (χ4v) is 1.50. The quantitative estimate of drug-likeness (QED) is 0.580. The number of terminal acetylenes is 1. The lowest BCUT2D eigenvalue weighted by Crippen LogP contribution is -2.36. The van der Waals surface area contributed by atoms with Crippen molar-refractivity contribution in [3.05, 3.63) is 29.8 Å². The summed E-state index contributed by atoms with van der Waals surface area (Å²) in [4.78, 5) is 23.6. The van der Waals surface area contributed by atoms with Crippen LogP contribution in [0.15, 0.2) is 24.3 Å². The highest BCUT2D eigenvalue weighted by atomic mass is 16.4. The summed E-state index contributed by atoms with van der Waals surface area (Å²) in [6, 6.07) is 6.88. The van der Waals surface area contributed by atoms with Crippen LogP contribution in [0.3, 0.4) is 0 Å². The minimum atomic E-state index is -1.09. The van der Waals surface area contributed by atoms with E-state index >= 15 is 0 Å². The van der Waals surface area contributed by atoms with Crippen LogP contribution in [0.1, 0.15) is 5.56 Å². The Kier molecular flexibility index (Phi) is 4.76. The molecule has 0 aliphatic carbocycles. The van der Waals surface area contributed by atoms with E-state index in [1.54, 1.807) is 24.3 Å². The fourth-order valence-electron chi connectivity index (χ4n) is 1.50. The van der Waals surface area contributed by atoms with Crippen LogP contribution in [0, 0.1) is 12.3 Å². The van der Waals surface area contributed by atoms with Gasteiger partial charge in [0.25, 0.3) is 0 Å². The molecule has 0 aliphatic heterocycles. The molecule has 0 radical (unpaired) electrons. The molecule has 94 valence electrons. The number of benzene rings is 1. The molecule has 0 aromatic heterocycles. The molecule has 0 saturated heterocycles. The van der Waals surface area contributed by atoms with Crippen LogP contribution in [0.4, 0.5) is 5.69 Å². The minimum absolute atomic E-state index is 0.0204. The molecule has 1 amide bonds. The van der Waals surface area contributed by atoms with Crippen molar-refractivity contribution >= 4 is 17.6 Å². The molecule has 1 aromatic carbocycles. The first-order valence-corrected chi connectivity index (χ1v) is 5.30. The molecule has 5 heteroatoms. The molecule has 3 N–H and O–H groups in total. The first kappa shape index (κ1) is 13.6. The molecule has 0 heterocycles. The Bertz CT molecular complexity index is 491. The maximum Gasteiger partial charge on any atom is 0.323 e. The van der Waals surface area contributed by atoms with Gasteiger partial charge in [-0.1, -0.05) is 18.1 Å². The zero-order chi connectivity index (χ0) is 13.5. The van der Waals surface area contributed by atoms with Crippen molar-refractivity contribution in [1.82, 2.24) is 4.90 Å². The average molecular weight is 246 g/mol. The predicted molar refractivity (Wildman–Crippen MR) is 67.6 cm³/mol. The highest BCUT2D eigenvalue weighted by Gasteiger charge is 2.16. The highest BCUT2D eigenvalue weighted by Crippen LogP contribution is 2.08. The number of carbonyl (C=O) groups excluding carboxylic acids is 1. The van der Waals surface area contributed by atoms with E-state index in [4.69, 9.17) is 17.3 Å². The van der Waals surface area contributed by atoms with Gasteiger partial charge < -0.3 is 15.7 Å². The van der Waals surface area contributed by atoms with Crippen molar-refractivity contribution in [3.63, 3.8) is 0 Å². The molecule has 1 aromatic rings. The third-order valence-electron chi connectivity index (χ3n) is 2.27. The van der Waals surface area contributed by atoms with E-state index in [0.717, 1.165) is 10.5 Å². The van der Waals surface area contributed by atoms with Crippen LogP contribution in [-0.2, 0) is 16.0 Å². The lowest BCUT2D eigenvalue weighted by Gasteiger charge is -2.17. The van der Waals surface area contributed by atoms with Crippen LogP contribution in [0.25, 0.3) is 0 Å². The Hall–Kier alpha value is -2.48. The smallest absolute Gasteiger partial charge is 0.323 e. The number of carboxylic acid groups (broad SMARTS) is 1. The molecule has 0 unspecified atom stereocenters. The van der Waals surface area contributed by atoms with E-state index in [1.165, 1.54) is 0 Å². The van der Waals surface area contributed by atoms with Gasteiger partial charge in [-0.25, -0.2) is 0 Å². The topological polar surface area (TPSA) is 83.6 Å². The van der Waals surface area contributed by atoms with Gasteiger partial charge >= 0.3 is 5.97 Å². The fraction of sp³-hybridized carbons (Fsp3) is 0.231. The molecule has 1 rings (SSSR count). The first-order valence-electron chi connectivity index (χ1n) is 5.30. The maximum absolute atomic E-state index is 11.9. The number of nitrogens with zero attached hydrogens (tertiary/aromatic N) is 1. The summed E-state index contributed by atoms with van der Waals surface area (Å²) in [6.07, 6.45) is 5.19. The molecule has 0 fully saturated rings. The lowest BCUT2D eigenvalue weighted by molar-refractivity contribution is -0.143. The van der Waals surface area contributed by atoms with Crippen LogP contribution < -0.4 is 5.73 Å². The second kappa shape index (κ2) is 6.30. The number of nitrogens with two attached hydrogens (primary N) is 1. The van der Waals surface area contributed by atoms with Crippen LogP contribution in [0.2, 0.25) is 0 Å². The third-order valence-corrected chi connectivity index (χ3v) is 2.27. The predicted octanol–water partition coefficient (Wildman–Crippen LogP) is 0.358. The molecule has 0 bridgehead atoms. The second-order valence-electron chi connectivity index (χ2n) is 3.77. The number of rotatable bonds is 5. The van der Waals surface area contributed by atoms with Gasteiger partial charge in [0.1, 0.15) is 6.54 Å². The molecule has 0 saturated carbocycles. The maximum atomic E-state index is 11.9. The average Bonchev–Trinajstić information content (AvgIpc) is 2.27. The van der Waals surface area contributed by atoms with E-state index in [1.807, 2.05) is 0 Å². The number of hydrogen-bond donors (Lipinski definition) is 2. The Morgan fingerprint density at radius 3 is 2.72 bits per heavy atom. The van der Waals surface area contributed by atoms with Crippen molar-refractivity contribution in [2.45, 2.75) is 6.42 Å². The van der Waals surface area contributed by atoms with E-state index in [2.05, 4.69) is 5.92 Å². The Morgan fingerprint density at radius 1 is 1.44 bits per heavy atom. The van der Waals surface area contributed by atoms with E-state index in [9.17, 15) is 9.59 Å². The van der Waals surface area contributed by atoms with Crippen molar-refractivity contribution in [2.75, 3.05) is 18.8 Å². The van der Waals surface area contributed by atoms with Gasteiger partial charge in [0.2, 0.25) is 5.91 Å². The van der Waals surface area contributed by atoms with Crippen molar-refractivity contribution in [1.29, 1.82) is 0 Å². The molecular weight excluding hydrogens is 232 g/mol. The summed E-state index contributed by atoms with van der Waals surface area (Å²) in [5.74, 6) is 0.844. The SMILES string of the molecule is C#CCN(CC(=O)O)C(=O)Cc1cccc(N)c1. The monoisotopic (exact) mass is 246 g/mol. The van der Waals surface area contributed by atoms with Crippen molar-refractivity contribution in [3.8, 4) is 12.3 Å². The molecule has 18 heavy (non-hydrogen) atoms. The first-order chi connectivity index (χ1) is 8.52. The van der Waals surface area contributed by atoms with Crippen molar-refractivity contribution < 1.29 is 14.7 Å². The number of carbonyl (C=O) groups is 2. The summed E-state index contributed by atoms with van der Waals surface area (Å²) in [7, 11) is 0. The van der Waals surface area contributed by atoms with Gasteiger partial charge in [0, 0.05) is 5.69 Å². The summed E-state index contributed by atoms with van der Waals surface area (Å²) in [5, 5.41) is 8.69. The number of anilines is 1. The standard InChI is InChI=1S/C13H14N2O3/c1-2-6-15(9-13(17)18)12(16)8-10-4-3-5-11(14)7-10/h1,3-5,7H,6,8-9,14H2,(H,17,18). The Balaban J connectivity index is 2.72. The Morgan fingerprint density at radius 2 is 2.17 bits per heavy atom. The van der Waals surface area contributed by atoms with Gasteiger partial charge in [-0.05, 0) is 17.7 Å². The van der Waals surface area contributed by atoms with Gasteiger partial charge in [0.15, 0.2) is 0 Å². The molecule has 0 atom stereocenters. The zero-order valence-corrected chi connectivity index (χ0v) is 9.80. The van der Waals surface area contributed by atoms with Crippen LogP contribution >= 0.6 is 0 Å². The summed E-state index contributed by atoms with van der Waals surface area (Å²) in [5.41, 5.74) is 6.88. The number of carboxylic acids is 1. The summed E-state index contributed by atoms with van der Waals surface area (Å²) >= 11 is 0. The minimum Gasteiger partial charge on any atom is -0.480 e. The second-order valence-corrected chi connectivity index (χ2v) is 3.77. The number of hydrogen-bond acceptors (Lipinski definition) is 3. The number of aliphatic carboxylic acids is 1. The molecule has 0 spiro atoms. The Labute approximate surface area is 105 Å². The highest BCUT2D eigenvalue weighted by molar-refractivity contribution is 5.83. The van der Waals surface area contributed by atoms with Gasteiger partial charge in [-0.2, -0.15) is 0 Å². The van der Waals surface area contributed by atoms with Gasteiger partial charge in [0.05, 0.1) is 13.0 Å². The largest absolute Gasteiger partial charge is 0.480 e. The summed E-state index contributed by atoms with van der Waals surface area (Å²) < 4.78 is 0. The normalized spacial score (nSPS) is 9.50. The number of nitrogen functional groups attached to an aromatic ring is 1. The van der Waals surface area contributed by atoms with Gasteiger partial charge in [-0.3, -0.25) is 9.59 Å². The van der Waals surface area contributed by atoms with Gasteiger partial charge in [-0.15, -0.1) is 6.42 Å². The van der Waals surface area contributed by atoms with Crippen LogP contribution in [0.5, 0.6) is 0 Å². The van der Waals surface area contributed by atoms with E-state index in [-0.39, 0.29) is 18.9 Å². The van der Waals surface area contributed by atoms with Crippen LogP contribution in [-0.4, -0.2) is 35.0 Å². The molecular formula is C13H14N2O3. The number of amides is 1. The summed E-state index contributed by atoms with van der Waals surface area (Å²) in [6.45, 7) is -0.418. The van der Waals surface area contributed by atoms with Crippen molar-refractivity contribution in [2.24, 2.45) is 0 Å². The van der Waals surface area contributed by atoms with E-state index < -0.39 is 12.5 Å².